The molecule has 2 aromatic heterocycles. The van der Waals surface area contributed by atoms with Crippen molar-refractivity contribution in [2.24, 2.45) is 0 Å². The average molecular weight is 448 g/mol. The van der Waals surface area contributed by atoms with Gasteiger partial charge in [0.15, 0.2) is 17.3 Å². The van der Waals surface area contributed by atoms with Crippen LogP contribution in [0.2, 0.25) is 0 Å². The molecule has 4 rings (SSSR count). The molecule has 0 unspecified atom stereocenters. The van der Waals surface area contributed by atoms with Crippen molar-refractivity contribution in [2.45, 2.75) is 40.8 Å². The summed E-state index contributed by atoms with van der Waals surface area (Å²) >= 11 is 0. The minimum atomic E-state index is -0.482. The van der Waals surface area contributed by atoms with Crippen LogP contribution in [-0.2, 0) is 13.2 Å². The predicted octanol–water partition coefficient (Wildman–Crippen LogP) is 5.12. The Bertz CT molecular complexity index is 1310. The molecule has 0 saturated heterocycles. The highest BCUT2D eigenvalue weighted by Gasteiger charge is 2.23. The molecule has 0 radical (unpaired) electrons. The number of ether oxygens (including phenoxy) is 1. The van der Waals surface area contributed by atoms with E-state index in [9.17, 15) is 9.18 Å². The highest BCUT2D eigenvalue weighted by molar-refractivity contribution is 6.04. The number of nitrogens with zero attached hydrogens (tertiary/aromatic N) is 3. The second-order valence-corrected chi connectivity index (χ2v) is 7.93. The number of amides is 1. The second-order valence-electron chi connectivity index (χ2n) is 7.93. The lowest BCUT2D eigenvalue weighted by Gasteiger charge is -2.09. The Balaban J connectivity index is 1.52. The van der Waals surface area contributed by atoms with E-state index in [4.69, 9.17) is 9.26 Å². The van der Waals surface area contributed by atoms with Crippen molar-refractivity contribution < 1.29 is 18.4 Å². The first-order valence-electron chi connectivity index (χ1n) is 10.6. The van der Waals surface area contributed by atoms with Crippen LogP contribution in [0.15, 0.2) is 53.1 Å². The van der Waals surface area contributed by atoms with Gasteiger partial charge in [-0.3, -0.25) is 9.48 Å². The zero-order valence-corrected chi connectivity index (χ0v) is 19.0. The van der Waals surface area contributed by atoms with Crippen LogP contribution < -0.4 is 10.1 Å². The van der Waals surface area contributed by atoms with Gasteiger partial charge in [-0.25, -0.2) is 4.39 Å². The summed E-state index contributed by atoms with van der Waals surface area (Å²) in [6, 6.07) is 14.3. The molecule has 2 aromatic carbocycles. The topological polar surface area (TPSA) is 82.2 Å². The molecule has 0 aliphatic rings. The van der Waals surface area contributed by atoms with Gasteiger partial charge in [-0.15, -0.1) is 0 Å². The molecule has 8 heteroatoms. The largest absolute Gasteiger partial charge is 0.486 e. The van der Waals surface area contributed by atoms with Gasteiger partial charge in [0.25, 0.3) is 5.91 Å². The molecule has 0 saturated carbocycles. The third-order valence-electron chi connectivity index (χ3n) is 5.44. The first kappa shape index (κ1) is 22.3. The Morgan fingerprint density at radius 3 is 2.67 bits per heavy atom. The van der Waals surface area contributed by atoms with Crippen molar-refractivity contribution >= 4 is 11.6 Å². The van der Waals surface area contributed by atoms with Crippen molar-refractivity contribution in [2.75, 3.05) is 5.32 Å². The fourth-order valence-corrected chi connectivity index (χ4v) is 3.64. The normalized spacial score (nSPS) is 10.9. The summed E-state index contributed by atoms with van der Waals surface area (Å²) in [5.41, 5.74) is 4.98. The maximum atomic E-state index is 13.9. The number of anilines is 1. The van der Waals surface area contributed by atoms with Gasteiger partial charge in [-0.2, -0.15) is 5.10 Å². The molecule has 2 heterocycles. The predicted molar refractivity (Wildman–Crippen MR) is 122 cm³/mol. The molecule has 33 heavy (non-hydrogen) atoms. The quantitative estimate of drug-likeness (QED) is 0.424. The van der Waals surface area contributed by atoms with E-state index in [1.54, 1.807) is 19.1 Å². The Kier molecular flexibility index (Phi) is 6.26. The molecule has 0 bridgehead atoms. The van der Waals surface area contributed by atoms with Crippen LogP contribution in [0.3, 0.4) is 0 Å². The highest BCUT2D eigenvalue weighted by atomic mass is 19.1. The van der Waals surface area contributed by atoms with Gasteiger partial charge in [0, 0.05) is 0 Å². The Morgan fingerprint density at radius 1 is 1.12 bits per heavy atom. The van der Waals surface area contributed by atoms with Crippen molar-refractivity contribution in [3.8, 4) is 5.75 Å². The van der Waals surface area contributed by atoms with E-state index in [1.165, 1.54) is 17.7 Å². The summed E-state index contributed by atoms with van der Waals surface area (Å²) < 4.78 is 26.5. The molecule has 4 aromatic rings. The molecule has 1 N–H and O–H groups in total. The maximum Gasteiger partial charge on any atom is 0.278 e. The number of nitrogens with one attached hydrogen (secondary N) is 1. The SMILES string of the molecule is Cc1cccc(Cn2nc(C)c(NC(=O)c3noc(C)c3COc3ccccc3F)c2C)c1. The lowest BCUT2D eigenvalue weighted by molar-refractivity contribution is 0.101. The van der Waals surface area contributed by atoms with Crippen LogP contribution in [0.4, 0.5) is 10.1 Å². The van der Waals surface area contributed by atoms with Gasteiger partial charge >= 0.3 is 0 Å². The molecule has 0 aliphatic heterocycles. The number of aromatic nitrogens is 3. The Morgan fingerprint density at radius 2 is 1.91 bits per heavy atom. The number of hydrogen-bond acceptors (Lipinski definition) is 5. The monoisotopic (exact) mass is 448 g/mol. The van der Waals surface area contributed by atoms with Crippen molar-refractivity contribution in [3.05, 3.63) is 93.9 Å². The molecule has 1 amide bonds. The maximum absolute atomic E-state index is 13.9. The number of carbonyl (C=O) groups is 1. The third-order valence-corrected chi connectivity index (χ3v) is 5.44. The van der Waals surface area contributed by atoms with E-state index in [0.29, 0.717) is 29.2 Å². The minimum absolute atomic E-state index is 0.0520. The molecular weight excluding hydrogens is 423 g/mol. The van der Waals surface area contributed by atoms with Crippen molar-refractivity contribution in [1.82, 2.24) is 14.9 Å². The highest BCUT2D eigenvalue weighted by Crippen LogP contribution is 2.24. The fraction of sp³-hybridized carbons (Fsp3) is 0.240. The smallest absolute Gasteiger partial charge is 0.278 e. The van der Waals surface area contributed by atoms with Crippen LogP contribution in [0.1, 0.15) is 44.3 Å². The lowest BCUT2D eigenvalue weighted by Crippen LogP contribution is -2.16. The number of aryl methyl sites for hydroxylation is 3. The van der Waals surface area contributed by atoms with E-state index in [0.717, 1.165) is 11.3 Å². The summed E-state index contributed by atoms with van der Waals surface area (Å²) in [6.07, 6.45) is 0. The molecule has 0 aliphatic carbocycles. The van der Waals surface area contributed by atoms with Crippen molar-refractivity contribution in [1.29, 1.82) is 0 Å². The van der Waals surface area contributed by atoms with Gasteiger partial charge in [-0.05, 0) is 45.4 Å². The van der Waals surface area contributed by atoms with Crippen LogP contribution in [-0.4, -0.2) is 20.8 Å². The van der Waals surface area contributed by atoms with Gasteiger partial charge in [0.2, 0.25) is 0 Å². The van der Waals surface area contributed by atoms with Gasteiger partial charge < -0.3 is 14.6 Å². The number of halogens is 1. The van der Waals surface area contributed by atoms with E-state index in [-0.39, 0.29) is 18.1 Å². The van der Waals surface area contributed by atoms with E-state index < -0.39 is 11.7 Å². The minimum Gasteiger partial charge on any atom is -0.486 e. The van der Waals surface area contributed by atoms with Gasteiger partial charge in [0.1, 0.15) is 12.4 Å². The first-order chi connectivity index (χ1) is 15.8. The summed E-state index contributed by atoms with van der Waals surface area (Å²) in [5.74, 6) is -0.404. The molecular formula is C25H25FN4O3. The van der Waals surface area contributed by atoms with E-state index in [2.05, 4.69) is 21.6 Å². The van der Waals surface area contributed by atoms with Crippen LogP contribution in [0, 0.1) is 33.5 Å². The number of benzene rings is 2. The zero-order valence-electron chi connectivity index (χ0n) is 19.0. The molecule has 0 atom stereocenters. The van der Waals surface area contributed by atoms with Gasteiger partial charge in [-0.1, -0.05) is 47.1 Å². The van der Waals surface area contributed by atoms with E-state index in [1.807, 2.05) is 43.7 Å². The first-order valence-corrected chi connectivity index (χ1v) is 10.6. The second kappa shape index (κ2) is 9.28. The molecule has 0 fully saturated rings. The average Bonchev–Trinajstić information content (AvgIpc) is 3.27. The molecule has 170 valence electrons. The zero-order chi connectivity index (χ0) is 23.5. The molecule has 0 spiro atoms. The molecule has 7 nitrogen and oxygen atoms in total. The third kappa shape index (κ3) is 4.79. The summed E-state index contributed by atoms with van der Waals surface area (Å²) in [6.45, 7) is 8.01. The summed E-state index contributed by atoms with van der Waals surface area (Å²) in [7, 11) is 0. The van der Waals surface area contributed by atoms with Gasteiger partial charge in [0.05, 0.1) is 29.2 Å². The number of rotatable bonds is 7. The van der Waals surface area contributed by atoms with Crippen LogP contribution in [0.5, 0.6) is 5.75 Å². The number of carbonyl (C=O) groups excluding carboxylic acids is 1. The van der Waals surface area contributed by atoms with Crippen LogP contribution >= 0.6 is 0 Å². The standard InChI is InChI=1S/C25H25FN4O3/c1-15-8-7-9-19(12-15)13-30-17(3)23(16(2)28-30)27-25(31)24-20(18(4)33-29-24)14-32-22-11-6-5-10-21(22)26/h5-12H,13-14H2,1-4H3,(H,27,31). The Hall–Kier alpha value is -3.94. The summed E-state index contributed by atoms with van der Waals surface area (Å²) in [5, 5.41) is 11.4. The van der Waals surface area contributed by atoms with Crippen LogP contribution in [0.25, 0.3) is 0 Å². The summed E-state index contributed by atoms with van der Waals surface area (Å²) in [4.78, 5) is 13.0. The number of para-hydroxylation sites is 1. The lowest BCUT2D eigenvalue weighted by atomic mass is 10.1. The fourth-order valence-electron chi connectivity index (χ4n) is 3.64. The van der Waals surface area contributed by atoms with E-state index >= 15 is 0 Å². The number of hydrogen-bond donors (Lipinski definition) is 1. The van der Waals surface area contributed by atoms with Crippen molar-refractivity contribution in [3.63, 3.8) is 0 Å². The Labute approximate surface area is 191 Å².